The Bertz CT molecular complexity index is 729. The summed E-state index contributed by atoms with van der Waals surface area (Å²) in [6.07, 6.45) is 0. The van der Waals surface area contributed by atoms with Gasteiger partial charge in [-0.2, -0.15) is 0 Å². The molecule has 3 aromatic carbocycles. The summed E-state index contributed by atoms with van der Waals surface area (Å²) in [5, 5.41) is 2.56. The van der Waals surface area contributed by atoms with Crippen molar-refractivity contribution in [1.82, 2.24) is 0 Å². The molecule has 0 saturated heterocycles. The van der Waals surface area contributed by atoms with Gasteiger partial charge in [0, 0.05) is 5.56 Å². The average Bonchev–Trinajstić information content (AvgIpc) is 2.53. The fraction of sp³-hybridized carbons (Fsp3) is 0.200. The first-order valence-corrected chi connectivity index (χ1v) is 7.44. The van der Waals surface area contributed by atoms with E-state index in [1.807, 2.05) is 18.2 Å². The van der Waals surface area contributed by atoms with E-state index in [1.165, 1.54) is 21.9 Å². The van der Waals surface area contributed by atoms with E-state index in [0.29, 0.717) is 12.5 Å². The monoisotopic (exact) mass is 276 g/mol. The summed E-state index contributed by atoms with van der Waals surface area (Å²) in [6.45, 7) is 5.05. The maximum Gasteiger partial charge on any atom is 0.123 e. The van der Waals surface area contributed by atoms with E-state index < -0.39 is 0 Å². The van der Waals surface area contributed by atoms with Crippen LogP contribution in [0.1, 0.15) is 30.9 Å². The molecule has 0 saturated carbocycles. The molecule has 0 amide bonds. The maximum absolute atomic E-state index is 6.09. The lowest BCUT2D eigenvalue weighted by atomic mass is 9.95. The molecule has 0 radical (unpaired) electrons. The first kappa shape index (κ1) is 13.7. The molecule has 0 atom stereocenters. The van der Waals surface area contributed by atoms with Gasteiger partial charge in [-0.05, 0) is 28.3 Å². The van der Waals surface area contributed by atoms with Crippen LogP contribution >= 0.6 is 0 Å². The van der Waals surface area contributed by atoms with Gasteiger partial charge >= 0.3 is 0 Å². The molecular formula is C20H20O. The summed E-state index contributed by atoms with van der Waals surface area (Å²) >= 11 is 0. The van der Waals surface area contributed by atoms with Crippen LogP contribution in [0.5, 0.6) is 5.75 Å². The molecule has 0 heterocycles. The number of rotatable bonds is 4. The lowest BCUT2D eigenvalue weighted by molar-refractivity contribution is 0.302. The molecule has 0 aromatic heterocycles. The minimum Gasteiger partial charge on any atom is -0.489 e. The van der Waals surface area contributed by atoms with Crippen LogP contribution in [0.3, 0.4) is 0 Å². The van der Waals surface area contributed by atoms with E-state index in [2.05, 4.69) is 62.4 Å². The Kier molecular flexibility index (Phi) is 3.92. The quantitative estimate of drug-likeness (QED) is 0.607. The molecule has 0 spiro atoms. The lowest BCUT2D eigenvalue weighted by Gasteiger charge is -2.17. The van der Waals surface area contributed by atoms with Crippen LogP contribution in [0.4, 0.5) is 0 Å². The zero-order valence-corrected chi connectivity index (χ0v) is 12.5. The van der Waals surface area contributed by atoms with Gasteiger partial charge in [0.15, 0.2) is 0 Å². The van der Waals surface area contributed by atoms with Crippen molar-refractivity contribution in [2.45, 2.75) is 26.4 Å². The Labute approximate surface area is 126 Å². The molecule has 3 rings (SSSR count). The van der Waals surface area contributed by atoms with Crippen molar-refractivity contribution in [2.75, 3.05) is 0 Å². The summed E-state index contributed by atoms with van der Waals surface area (Å²) in [5.41, 5.74) is 2.49. The molecule has 0 N–H and O–H groups in total. The van der Waals surface area contributed by atoms with Crippen LogP contribution in [-0.4, -0.2) is 0 Å². The van der Waals surface area contributed by atoms with Crippen molar-refractivity contribution in [1.29, 1.82) is 0 Å². The van der Waals surface area contributed by atoms with Gasteiger partial charge in [0.2, 0.25) is 0 Å². The van der Waals surface area contributed by atoms with Crippen LogP contribution in [0.15, 0.2) is 66.7 Å². The third kappa shape index (κ3) is 2.92. The van der Waals surface area contributed by atoms with Crippen molar-refractivity contribution >= 4 is 10.8 Å². The predicted octanol–water partition coefficient (Wildman–Crippen LogP) is 5.54. The molecule has 0 aliphatic rings. The molecule has 21 heavy (non-hydrogen) atoms. The fourth-order valence-electron chi connectivity index (χ4n) is 2.73. The Morgan fingerprint density at radius 1 is 0.810 bits per heavy atom. The largest absolute Gasteiger partial charge is 0.489 e. The Balaban J connectivity index is 1.96. The minimum absolute atomic E-state index is 0.432. The van der Waals surface area contributed by atoms with E-state index in [-0.39, 0.29) is 0 Å². The minimum atomic E-state index is 0.432. The average molecular weight is 276 g/mol. The third-order valence-corrected chi connectivity index (χ3v) is 3.75. The van der Waals surface area contributed by atoms with Gasteiger partial charge in [0.05, 0.1) is 0 Å². The number of ether oxygens (including phenoxy) is 1. The zero-order valence-electron chi connectivity index (χ0n) is 12.5. The molecule has 1 heteroatoms. The highest BCUT2D eigenvalue weighted by molar-refractivity contribution is 5.88. The van der Waals surface area contributed by atoms with E-state index in [0.717, 1.165) is 5.75 Å². The summed E-state index contributed by atoms with van der Waals surface area (Å²) in [7, 11) is 0. The first-order chi connectivity index (χ1) is 10.3. The molecule has 0 aliphatic heterocycles. The molecule has 0 unspecified atom stereocenters. The van der Waals surface area contributed by atoms with Crippen molar-refractivity contribution in [3.8, 4) is 5.75 Å². The Morgan fingerprint density at radius 3 is 2.29 bits per heavy atom. The summed E-state index contributed by atoms with van der Waals surface area (Å²) in [4.78, 5) is 0. The second kappa shape index (κ2) is 6.01. The normalized spacial score (nSPS) is 11.0. The summed E-state index contributed by atoms with van der Waals surface area (Å²) < 4.78 is 6.09. The predicted molar refractivity (Wildman–Crippen MR) is 88.8 cm³/mol. The number of hydrogen-bond donors (Lipinski definition) is 0. The number of fused-ring (bicyclic) bond motifs is 1. The van der Waals surface area contributed by atoms with Crippen LogP contribution in [-0.2, 0) is 6.61 Å². The lowest BCUT2D eigenvalue weighted by Crippen LogP contribution is -2.00. The van der Waals surface area contributed by atoms with E-state index in [9.17, 15) is 0 Å². The standard InChI is InChI=1S/C20H20O/c1-15(2)20-18-11-7-6-10-17(18)12-13-19(20)21-14-16-8-4-3-5-9-16/h3-13,15H,14H2,1-2H3. The fourth-order valence-corrected chi connectivity index (χ4v) is 2.73. The highest BCUT2D eigenvalue weighted by Crippen LogP contribution is 2.34. The zero-order chi connectivity index (χ0) is 14.7. The summed E-state index contributed by atoms with van der Waals surface area (Å²) in [6, 6.07) is 23.0. The van der Waals surface area contributed by atoms with Gasteiger partial charge in [-0.1, -0.05) is 74.5 Å². The van der Waals surface area contributed by atoms with Crippen molar-refractivity contribution in [2.24, 2.45) is 0 Å². The molecule has 0 bridgehead atoms. The van der Waals surface area contributed by atoms with Crippen LogP contribution in [0.2, 0.25) is 0 Å². The highest BCUT2D eigenvalue weighted by Gasteiger charge is 2.12. The molecule has 0 aliphatic carbocycles. The van der Waals surface area contributed by atoms with Crippen molar-refractivity contribution in [3.05, 3.63) is 77.9 Å². The van der Waals surface area contributed by atoms with Gasteiger partial charge in [0.1, 0.15) is 12.4 Å². The van der Waals surface area contributed by atoms with Crippen LogP contribution in [0, 0.1) is 0 Å². The Morgan fingerprint density at radius 2 is 1.52 bits per heavy atom. The molecule has 0 fully saturated rings. The maximum atomic E-state index is 6.09. The van der Waals surface area contributed by atoms with E-state index >= 15 is 0 Å². The number of benzene rings is 3. The van der Waals surface area contributed by atoms with Gasteiger partial charge < -0.3 is 4.74 Å². The second-order valence-corrected chi connectivity index (χ2v) is 5.63. The van der Waals surface area contributed by atoms with E-state index in [4.69, 9.17) is 4.74 Å². The Hall–Kier alpha value is -2.28. The first-order valence-electron chi connectivity index (χ1n) is 7.44. The van der Waals surface area contributed by atoms with Gasteiger partial charge in [-0.25, -0.2) is 0 Å². The van der Waals surface area contributed by atoms with Gasteiger partial charge in [0.25, 0.3) is 0 Å². The van der Waals surface area contributed by atoms with Gasteiger partial charge in [-0.15, -0.1) is 0 Å². The molecule has 106 valence electrons. The van der Waals surface area contributed by atoms with Crippen molar-refractivity contribution < 1.29 is 4.74 Å². The van der Waals surface area contributed by atoms with Crippen molar-refractivity contribution in [3.63, 3.8) is 0 Å². The summed E-state index contributed by atoms with van der Waals surface area (Å²) in [5.74, 6) is 1.43. The number of hydrogen-bond acceptors (Lipinski definition) is 1. The third-order valence-electron chi connectivity index (χ3n) is 3.75. The molecule has 3 aromatic rings. The van der Waals surface area contributed by atoms with Gasteiger partial charge in [-0.3, -0.25) is 0 Å². The molecule has 1 nitrogen and oxygen atoms in total. The highest BCUT2D eigenvalue weighted by atomic mass is 16.5. The van der Waals surface area contributed by atoms with Crippen LogP contribution < -0.4 is 4.74 Å². The van der Waals surface area contributed by atoms with E-state index in [1.54, 1.807) is 0 Å². The second-order valence-electron chi connectivity index (χ2n) is 5.63. The SMILES string of the molecule is CC(C)c1c(OCc2ccccc2)ccc2ccccc12. The smallest absolute Gasteiger partial charge is 0.123 e. The molecular weight excluding hydrogens is 256 g/mol. The topological polar surface area (TPSA) is 9.23 Å². The van der Waals surface area contributed by atoms with Crippen LogP contribution in [0.25, 0.3) is 10.8 Å².